The molecule has 3 rings (SSSR count). The van der Waals surface area contributed by atoms with Crippen LogP contribution in [0.3, 0.4) is 0 Å². The molecule has 0 aliphatic carbocycles. The van der Waals surface area contributed by atoms with Crippen LogP contribution in [0.2, 0.25) is 0 Å². The quantitative estimate of drug-likeness (QED) is 0.758. The molecule has 0 spiro atoms. The number of halogens is 1. The van der Waals surface area contributed by atoms with E-state index >= 15 is 0 Å². The smallest absolute Gasteiger partial charge is 0.252 e. The molecule has 132 valence electrons. The SMILES string of the molecule is O=C(NCCc1ccc(F)cc1)c1ccccc1SC[C@@H]1CCCO1. The van der Waals surface area contributed by atoms with Gasteiger partial charge in [-0.25, -0.2) is 4.39 Å². The van der Waals surface area contributed by atoms with Crippen molar-refractivity contribution in [1.29, 1.82) is 0 Å². The first-order chi connectivity index (χ1) is 12.2. The Hall–Kier alpha value is -1.85. The number of nitrogens with one attached hydrogen (secondary N) is 1. The molecule has 0 radical (unpaired) electrons. The highest BCUT2D eigenvalue weighted by atomic mass is 32.2. The molecular formula is C20H22FNO2S. The number of thioether (sulfide) groups is 1. The van der Waals surface area contributed by atoms with E-state index in [1.807, 2.05) is 24.3 Å². The number of rotatable bonds is 7. The Bertz CT molecular complexity index is 699. The van der Waals surface area contributed by atoms with Gasteiger partial charge in [-0.3, -0.25) is 4.79 Å². The lowest BCUT2D eigenvalue weighted by Gasteiger charge is -2.12. The van der Waals surface area contributed by atoms with Crippen LogP contribution in [-0.2, 0) is 11.2 Å². The van der Waals surface area contributed by atoms with Gasteiger partial charge in [0, 0.05) is 23.8 Å². The normalized spacial score (nSPS) is 16.8. The summed E-state index contributed by atoms with van der Waals surface area (Å²) in [5.41, 5.74) is 1.70. The maximum absolute atomic E-state index is 12.9. The third-order valence-corrected chi connectivity index (χ3v) is 5.40. The van der Waals surface area contributed by atoms with E-state index in [1.165, 1.54) is 12.1 Å². The highest BCUT2D eigenvalue weighted by Gasteiger charge is 2.17. The van der Waals surface area contributed by atoms with Gasteiger partial charge in [0.05, 0.1) is 11.7 Å². The monoisotopic (exact) mass is 359 g/mol. The molecule has 0 unspecified atom stereocenters. The minimum Gasteiger partial charge on any atom is -0.377 e. The van der Waals surface area contributed by atoms with Gasteiger partial charge in [0.2, 0.25) is 0 Å². The van der Waals surface area contributed by atoms with Crippen LogP contribution in [0, 0.1) is 5.82 Å². The first-order valence-corrected chi connectivity index (χ1v) is 9.57. The van der Waals surface area contributed by atoms with Crippen molar-refractivity contribution in [3.8, 4) is 0 Å². The molecule has 0 bridgehead atoms. The summed E-state index contributed by atoms with van der Waals surface area (Å²) in [6, 6.07) is 14.0. The number of ether oxygens (including phenoxy) is 1. The molecule has 1 saturated heterocycles. The van der Waals surface area contributed by atoms with Crippen molar-refractivity contribution in [3.63, 3.8) is 0 Å². The fraction of sp³-hybridized carbons (Fsp3) is 0.350. The Labute approximate surface area is 152 Å². The molecule has 0 aromatic heterocycles. The number of amides is 1. The molecule has 2 aromatic rings. The first-order valence-electron chi connectivity index (χ1n) is 8.58. The highest BCUT2D eigenvalue weighted by Crippen LogP contribution is 2.26. The minimum absolute atomic E-state index is 0.0717. The topological polar surface area (TPSA) is 38.3 Å². The predicted octanol–water partition coefficient (Wildman–Crippen LogP) is 4.07. The van der Waals surface area contributed by atoms with E-state index < -0.39 is 0 Å². The maximum atomic E-state index is 12.9. The molecule has 3 nitrogen and oxygen atoms in total. The van der Waals surface area contributed by atoms with Crippen molar-refractivity contribution in [2.24, 2.45) is 0 Å². The van der Waals surface area contributed by atoms with E-state index in [0.717, 1.165) is 35.7 Å². The van der Waals surface area contributed by atoms with Crippen LogP contribution in [0.5, 0.6) is 0 Å². The molecule has 1 fully saturated rings. The van der Waals surface area contributed by atoms with Crippen molar-refractivity contribution in [1.82, 2.24) is 5.32 Å². The number of benzene rings is 2. The lowest BCUT2D eigenvalue weighted by atomic mass is 10.1. The van der Waals surface area contributed by atoms with Crippen molar-refractivity contribution in [3.05, 3.63) is 65.5 Å². The van der Waals surface area contributed by atoms with Gasteiger partial charge in [0.25, 0.3) is 5.91 Å². The number of carbonyl (C=O) groups is 1. The largest absolute Gasteiger partial charge is 0.377 e. The van der Waals surface area contributed by atoms with E-state index in [9.17, 15) is 9.18 Å². The van der Waals surface area contributed by atoms with Gasteiger partial charge in [-0.15, -0.1) is 11.8 Å². The molecule has 1 aliphatic rings. The first kappa shape index (κ1) is 18.0. The Morgan fingerprint density at radius 3 is 2.76 bits per heavy atom. The summed E-state index contributed by atoms with van der Waals surface area (Å²) in [4.78, 5) is 13.5. The highest BCUT2D eigenvalue weighted by molar-refractivity contribution is 7.99. The summed E-state index contributed by atoms with van der Waals surface area (Å²) in [6.45, 7) is 1.37. The van der Waals surface area contributed by atoms with Crippen molar-refractivity contribution < 1.29 is 13.9 Å². The Balaban J connectivity index is 1.53. The molecule has 2 aromatic carbocycles. The maximum Gasteiger partial charge on any atom is 0.252 e. The van der Waals surface area contributed by atoms with Crippen molar-refractivity contribution in [2.75, 3.05) is 18.9 Å². The van der Waals surface area contributed by atoms with Gasteiger partial charge in [-0.05, 0) is 49.1 Å². The zero-order chi connectivity index (χ0) is 17.5. The van der Waals surface area contributed by atoms with Crippen LogP contribution in [0.4, 0.5) is 4.39 Å². The lowest BCUT2D eigenvalue weighted by molar-refractivity contribution is 0.0951. The fourth-order valence-electron chi connectivity index (χ4n) is 2.81. The van der Waals surface area contributed by atoms with Gasteiger partial charge < -0.3 is 10.1 Å². The van der Waals surface area contributed by atoms with Crippen LogP contribution in [0.15, 0.2) is 53.4 Å². The zero-order valence-electron chi connectivity index (χ0n) is 14.0. The van der Waals surface area contributed by atoms with Crippen LogP contribution in [0.1, 0.15) is 28.8 Å². The van der Waals surface area contributed by atoms with E-state index in [-0.39, 0.29) is 11.7 Å². The van der Waals surface area contributed by atoms with E-state index in [0.29, 0.717) is 24.6 Å². The molecular weight excluding hydrogens is 337 g/mol. The second-order valence-electron chi connectivity index (χ2n) is 6.07. The van der Waals surface area contributed by atoms with Crippen LogP contribution in [0.25, 0.3) is 0 Å². The summed E-state index contributed by atoms with van der Waals surface area (Å²) >= 11 is 1.68. The van der Waals surface area contributed by atoms with Crippen LogP contribution < -0.4 is 5.32 Å². The van der Waals surface area contributed by atoms with Gasteiger partial charge >= 0.3 is 0 Å². The third kappa shape index (κ3) is 5.31. The van der Waals surface area contributed by atoms with Gasteiger partial charge in [-0.1, -0.05) is 24.3 Å². The second-order valence-corrected chi connectivity index (χ2v) is 7.14. The molecule has 1 aliphatic heterocycles. The van der Waals surface area contributed by atoms with Crippen molar-refractivity contribution >= 4 is 17.7 Å². The fourth-order valence-corrected chi connectivity index (χ4v) is 3.92. The molecule has 0 saturated carbocycles. The van der Waals surface area contributed by atoms with Gasteiger partial charge in [-0.2, -0.15) is 0 Å². The number of hydrogen-bond donors (Lipinski definition) is 1. The van der Waals surface area contributed by atoms with Crippen LogP contribution in [-0.4, -0.2) is 30.9 Å². The Morgan fingerprint density at radius 1 is 1.20 bits per heavy atom. The third-order valence-electron chi connectivity index (χ3n) is 4.19. The summed E-state index contributed by atoms with van der Waals surface area (Å²) in [5, 5.41) is 2.95. The molecule has 1 amide bonds. The summed E-state index contributed by atoms with van der Waals surface area (Å²) < 4.78 is 18.6. The molecule has 1 heterocycles. The standard InChI is InChI=1S/C20H22FNO2S/c21-16-9-7-15(8-10-16)11-12-22-20(23)18-5-1-2-6-19(18)25-14-17-4-3-13-24-17/h1-2,5-10,17H,3-4,11-14H2,(H,22,23)/t17-/m0/s1. The number of carbonyl (C=O) groups excluding carboxylic acids is 1. The molecule has 5 heteroatoms. The van der Waals surface area contributed by atoms with E-state index in [1.54, 1.807) is 23.9 Å². The average molecular weight is 359 g/mol. The van der Waals surface area contributed by atoms with Crippen molar-refractivity contribution in [2.45, 2.75) is 30.3 Å². The molecule has 25 heavy (non-hydrogen) atoms. The average Bonchev–Trinajstić information content (AvgIpc) is 3.15. The minimum atomic E-state index is -0.245. The van der Waals surface area contributed by atoms with E-state index in [4.69, 9.17) is 4.74 Å². The summed E-state index contributed by atoms with van der Waals surface area (Å²) in [7, 11) is 0. The summed E-state index contributed by atoms with van der Waals surface area (Å²) in [5.74, 6) is 0.558. The molecule has 1 N–H and O–H groups in total. The zero-order valence-corrected chi connectivity index (χ0v) is 14.9. The Kier molecular flexibility index (Phi) is 6.48. The van der Waals surface area contributed by atoms with Gasteiger partial charge in [0.1, 0.15) is 5.82 Å². The summed E-state index contributed by atoms with van der Waals surface area (Å²) in [6.07, 6.45) is 3.19. The second kappa shape index (κ2) is 9.02. The lowest BCUT2D eigenvalue weighted by Crippen LogP contribution is -2.26. The van der Waals surface area contributed by atoms with Gasteiger partial charge in [0.15, 0.2) is 0 Å². The van der Waals surface area contributed by atoms with Crippen LogP contribution >= 0.6 is 11.8 Å². The van der Waals surface area contributed by atoms with E-state index in [2.05, 4.69) is 5.32 Å². The predicted molar refractivity (Wildman–Crippen MR) is 98.6 cm³/mol. The molecule has 1 atom stereocenters. The number of hydrogen-bond acceptors (Lipinski definition) is 3. The Morgan fingerprint density at radius 2 is 2.00 bits per heavy atom.